The van der Waals surface area contributed by atoms with Crippen LogP contribution in [0.1, 0.15) is 28.8 Å². The van der Waals surface area contributed by atoms with E-state index in [1.54, 1.807) is 30.3 Å². The maximum absolute atomic E-state index is 12.8. The fraction of sp³-hybridized carbons (Fsp3) is 0.192. The van der Waals surface area contributed by atoms with E-state index in [0.29, 0.717) is 39.0 Å². The molecule has 2 heterocycles. The Morgan fingerprint density at radius 1 is 1.14 bits per heavy atom. The first-order valence-electron chi connectivity index (χ1n) is 11.6. The van der Waals surface area contributed by atoms with Crippen LogP contribution in [-0.2, 0) is 0 Å². The Hall–Kier alpha value is -4.02. The van der Waals surface area contributed by atoms with Gasteiger partial charge >= 0.3 is 0 Å². The standard InChI is InChI=1S/C26H22ClN5O4S/c1-15-4-5-17(25-28-20-14-18(27)7-9-23(20)36-25)12-19(15)29-26(37)30-24(33)16-6-8-21(22(13-16)32(34)35)31-10-2-3-11-31/h4-9,12-14H,2-3,10-11H2,1H3,(H2,29,30,33,37). The van der Waals surface area contributed by atoms with E-state index in [-0.39, 0.29) is 16.4 Å². The van der Waals surface area contributed by atoms with Crippen LogP contribution in [0.25, 0.3) is 22.6 Å². The van der Waals surface area contributed by atoms with Crippen LogP contribution in [0.5, 0.6) is 0 Å². The molecule has 1 aromatic heterocycles. The number of hydrogen-bond acceptors (Lipinski definition) is 7. The Morgan fingerprint density at radius 3 is 2.68 bits per heavy atom. The van der Waals surface area contributed by atoms with Gasteiger partial charge in [-0.3, -0.25) is 20.2 Å². The Labute approximate surface area is 222 Å². The first-order chi connectivity index (χ1) is 17.8. The third-order valence-electron chi connectivity index (χ3n) is 6.19. The summed E-state index contributed by atoms with van der Waals surface area (Å²) in [5.74, 6) is -0.126. The molecule has 1 amide bonds. The third kappa shape index (κ3) is 5.25. The number of rotatable bonds is 5. The number of thiocarbonyl (C=S) groups is 1. The Kier molecular flexibility index (Phi) is 6.77. The highest BCUT2D eigenvalue weighted by Gasteiger charge is 2.24. The van der Waals surface area contributed by atoms with Crippen LogP contribution in [0.3, 0.4) is 0 Å². The van der Waals surface area contributed by atoms with E-state index in [4.69, 9.17) is 28.2 Å². The molecule has 0 radical (unpaired) electrons. The molecule has 2 N–H and O–H groups in total. The number of carbonyl (C=O) groups is 1. The third-order valence-corrected chi connectivity index (χ3v) is 6.63. The Balaban J connectivity index is 1.32. The molecule has 0 atom stereocenters. The molecule has 5 rings (SSSR count). The van der Waals surface area contributed by atoms with E-state index in [2.05, 4.69) is 15.6 Å². The van der Waals surface area contributed by atoms with Crippen molar-refractivity contribution in [3.63, 3.8) is 0 Å². The molecule has 37 heavy (non-hydrogen) atoms. The fourth-order valence-electron chi connectivity index (χ4n) is 4.28. The van der Waals surface area contributed by atoms with Gasteiger partial charge in [0.15, 0.2) is 10.7 Å². The maximum Gasteiger partial charge on any atom is 0.293 e. The number of fused-ring (bicyclic) bond motifs is 1. The summed E-state index contributed by atoms with van der Waals surface area (Å²) in [5.41, 5.74) is 4.07. The van der Waals surface area contributed by atoms with Crippen LogP contribution < -0.4 is 15.5 Å². The van der Waals surface area contributed by atoms with Crippen LogP contribution in [-0.4, -0.2) is 34.0 Å². The van der Waals surface area contributed by atoms with E-state index < -0.39 is 10.8 Å². The normalized spacial score (nSPS) is 13.1. The Bertz CT molecular complexity index is 1550. The highest BCUT2D eigenvalue weighted by atomic mass is 35.5. The van der Waals surface area contributed by atoms with Crippen molar-refractivity contribution in [3.8, 4) is 11.5 Å². The summed E-state index contributed by atoms with van der Waals surface area (Å²) in [7, 11) is 0. The molecule has 4 aromatic rings. The van der Waals surface area contributed by atoms with Crippen LogP contribution in [0.15, 0.2) is 59.0 Å². The maximum atomic E-state index is 12.8. The lowest BCUT2D eigenvalue weighted by atomic mass is 10.1. The molecule has 1 fully saturated rings. The zero-order valence-electron chi connectivity index (χ0n) is 19.8. The van der Waals surface area contributed by atoms with E-state index >= 15 is 0 Å². The van der Waals surface area contributed by atoms with Gasteiger partial charge < -0.3 is 14.6 Å². The van der Waals surface area contributed by atoms with E-state index in [1.807, 2.05) is 30.0 Å². The number of benzene rings is 3. The summed E-state index contributed by atoms with van der Waals surface area (Å²) < 4.78 is 5.85. The topological polar surface area (TPSA) is 114 Å². The van der Waals surface area contributed by atoms with Crippen molar-refractivity contribution in [2.45, 2.75) is 19.8 Å². The molecule has 11 heteroatoms. The summed E-state index contributed by atoms with van der Waals surface area (Å²) in [4.78, 5) is 30.5. The van der Waals surface area contributed by atoms with Crippen molar-refractivity contribution < 1.29 is 14.1 Å². The van der Waals surface area contributed by atoms with Crippen LogP contribution in [0, 0.1) is 17.0 Å². The van der Waals surface area contributed by atoms with Gasteiger partial charge in [-0.25, -0.2) is 4.98 Å². The van der Waals surface area contributed by atoms with Crippen molar-refractivity contribution in [1.82, 2.24) is 10.3 Å². The van der Waals surface area contributed by atoms with Crippen molar-refractivity contribution in [2.24, 2.45) is 0 Å². The molecule has 0 saturated carbocycles. The van der Waals surface area contributed by atoms with Gasteiger partial charge in [-0.1, -0.05) is 17.7 Å². The van der Waals surface area contributed by atoms with Crippen molar-refractivity contribution in [1.29, 1.82) is 0 Å². The lowest BCUT2D eigenvalue weighted by molar-refractivity contribution is -0.384. The van der Waals surface area contributed by atoms with Gasteiger partial charge in [-0.15, -0.1) is 0 Å². The monoisotopic (exact) mass is 535 g/mol. The Morgan fingerprint density at radius 2 is 1.92 bits per heavy atom. The number of carbonyl (C=O) groups excluding carboxylic acids is 1. The minimum absolute atomic E-state index is 0.0564. The van der Waals surface area contributed by atoms with Crippen molar-refractivity contribution in [2.75, 3.05) is 23.3 Å². The summed E-state index contributed by atoms with van der Waals surface area (Å²) >= 11 is 11.4. The molecule has 0 aliphatic carbocycles. The number of nitrogens with zero attached hydrogens (tertiary/aromatic N) is 3. The summed E-state index contributed by atoms with van der Waals surface area (Å²) in [6.07, 6.45) is 1.97. The first kappa shape index (κ1) is 24.7. The lowest BCUT2D eigenvalue weighted by Gasteiger charge is -2.18. The number of nitro groups is 1. The lowest BCUT2D eigenvalue weighted by Crippen LogP contribution is -2.34. The van der Waals surface area contributed by atoms with E-state index in [9.17, 15) is 14.9 Å². The SMILES string of the molecule is Cc1ccc(-c2nc3cc(Cl)ccc3o2)cc1NC(=S)NC(=O)c1ccc(N2CCCC2)c([N+](=O)[O-])c1. The van der Waals surface area contributed by atoms with E-state index in [1.165, 1.54) is 6.07 Å². The number of hydrogen-bond donors (Lipinski definition) is 2. The number of nitrogens with one attached hydrogen (secondary N) is 2. The van der Waals surface area contributed by atoms with Gasteiger partial charge in [0.25, 0.3) is 11.6 Å². The molecular formula is C26H22ClN5O4S. The summed E-state index contributed by atoms with van der Waals surface area (Å²) in [6.45, 7) is 3.41. The summed E-state index contributed by atoms with van der Waals surface area (Å²) in [5, 5.41) is 17.9. The molecule has 0 unspecified atom stereocenters. The number of anilines is 2. The predicted octanol–water partition coefficient (Wildman–Crippen LogP) is 6.09. The summed E-state index contributed by atoms with van der Waals surface area (Å²) in [6, 6.07) is 15.3. The molecule has 0 spiro atoms. The molecule has 1 aliphatic rings. The van der Waals surface area contributed by atoms with Crippen molar-refractivity contribution in [3.05, 3.63) is 80.9 Å². The average Bonchev–Trinajstić information content (AvgIpc) is 3.55. The zero-order chi connectivity index (χ0) is 26.1. The molecule has 0 bridgehead atoms. The van der Waals surface area contributed by atoms with Gasteiger partial charge in [0.2, 0.25) is 5.89 Å². The number of oxazole rings is 1. The largest absolute Gasteiger partial charge is 0.436 e. The van der Waals surface area contributed by atoms with E-state index in [0.717, 1.165) is 31.5 Å². The second-order valence-electron chi connectivity index (χ2n) is 8.72. The minimum atomic E-state index is -0.543. The fourth-order valence-corrected chi connectivity index (χ4v) is 4.65. The average molecular weight is 536 g/mol. The quantitative estimate of drug-likeness (QED) is 0.179. The van der Waals surface area contributed by atoms with Crippen LogP contribution in [0.2, 0.25) is 5.02 Å². The van der Waals surface area contributed by atoms with Crippen LogP contribution >= 0.6 is 23.8 Å². The number of nitro benzene ring substituents is 1. The second kappa shape index (κ2) is 10.2. The van der Waals surface area contributed by atoms with Crippen LogP contribution in [0.4, 0.5) is 17.1 Å². The molecular weight excluding hydrogens is 514 g/mol. The number of halogens is 1. The molecule has 3 aromatic carbocycles. The first-order valence-corrected chi connectivity index (χ1v) is 12.4. The number of aromatic nitrogens is 1. The smallest absolute Gasteiger partial charge is 0.293 e. The second-order valence-corrected chi connectivity index (χ2v) is 9.57. The predicted molar refractivity (Wildman–Crippen MR) is 147 cm³/mol. The minimum Gasteiger partial charge on any atom is -0.436 e. The van der Waals surface area contributed by atoms with Gasteiger partial charge in [-0.2, -0.15) is 0 Å². The van der Waals surface area contributed by atoms with Gasteiger partial charge in [0, 0.05) is 41.0 Å². The molecule has 9 nitrogen and oxygen atoms in total. The number of amides is 1. The van der Waals surface area contributed by atoms with Gasteiger partial charge in [-0.05, 0) is 80.0 Å². The number of aryl methyl sites for hydroxylation is 1. The highest BCUT2D eigenvalue weighted by Crippen LogP contribution is 2.32. The van der Waals surface area contributed by atoms with Crippen molar-refractivity contribution >= 4 is 63.0 Å². The molecule has 1 saturated heterocycles. The highest BCUT2D eigenvalue weighted by molar-refractivity contribution is 7.80. The zero-order valence-corrected chi connectivity index (χ0v) is 21.4. The molecule has 1 aliphatic heterocycles. The molecule has 188 valence electrons. The van der Waals surface area contributed by atoms with Gasteiger partial charge in [0.05, 0.1) is 4.92 Å². The van der Waals surface area contributed by atoms with Gasteiger partial charge in [0.1, 0.15) is 11.2 Å².